The van der Waals surface area contributed by atoms with Crippen LogP contribution >= 0.6 is 27.5 Å². The average molecular weight is 356 g/mol. The summed E-state index contributed by atoms with van der Waals surface area (Å²) in [6, 6.07) is 11.3. The SMILES string of the molecule is COc1ccc(Br)c(CC(O)c2ccc(Cl)c(C)c2)c1. The van der Waals surface area contributed by atoms with Crippen LogP contribution < -0.4 is 4.74 Å². The number of aliphatic hydroxyl groups excluding tert-OH is 1. The van der Waals surface area contributed by atoms with Gasteiger partial charge in [0.2, 0.25) is 0 Å². The second-order valence-electron chi connectivity index (χ2n) is 4.69. The molecule has 0 fully saturated rings. The number of aryl methyl sites for hydroxylation is 1. The Morgan fingerprint density at radius 2 is 2.00 bits per heavy atom. The number of ether oxygens (including phenoxy) is 1. The fraction of sp³-hybridized carbons (Fsp3) is 0.250. The Hall–Kier alpha value is -1.03. The molecular weight excluding hydrogens is 340 g/mol. The smallest absolute Gasteiger partial charge is 0.119 e. The normalized spacial score (nSPS) is 12.2. The summed E-state index contributed by atoms with van der Waals surface area (Å²) in [6.45, 7) is 1.93. The molecule has 2 nitrogen and oxygen atoms in total. The van der Waals surface area contributed by atoms with Crippen molar-refractivity contribution >= 4 is 27.5 Å². The molecule has 20 heavy (non-hydrogen) atoms. The van der Waals surface area contributed by atoms with E-state index in [4.69, 9.17) is 16.3 Å². The lowest BCUT2D eigenvalue weighted by Crippen LogP contribution is -2.03. The maximum atomic E-state index is 10.4. The first kappa shape index (κ1) is 15.4. The fourth-order valence-corrected chi connectivity index (χ4v) is 2.56. The lowest BCUT2D eigenvalue weighted by molar-refractivity contribution is 0.178. The van der Waals surface area contributed by atoms with E-state index in [1.807, 2.05) is 43.3 Å². The van der Waals surface area contributed by atoms with E-state index in [1.165, 1.54) is 0 Å². The number of hydrogen-bond donors (Lipinski definition) is 1. The fourth-order valence-electron chi connectivity index (χ4n) is 2.04. The summed E-state index contributed by atoms with van der Waals surface area (Å²) in [5.41, 5.74) is 2.83. The molecule has 2 aromatic rings. The lowest BCUT2D eigenvalue weighted by Gasteiger charge is -2.14. The third-order valence-corrected chi connectivity index (χ3v) is 4.43. The standard InChI is InChI=1S/C16H16BrClO2/c1-10-7-11(3-6-15(10)18)16(19)9-12-8-13(20-2)4-5-14(12)17/h3-8,16,19H,9H2,1-2H3. The third-order valence-electron chi connectivity index (χ3n) is 3.23. The highest BCUT2D eigenvalue weighted by atomic mass is 79.9. The molecule has 0 heterocycles. The molecule has 1 atom stereocenters. The molecule has 0 amide bonds. The Labute approximate surface area is 132 Å². The molecule has 0 saturated carbocycles. The molecule has 0 spiro atoms. The van der Waals surface area contributed by atoms with Crippen molar-refractivity contribution in [2.75, 3.05) is 7.11 Å². The van der Waals surface area contributed by atoms with Crippen molar-refractivity contribution in [2.45, 2.75) is 19.4 Å². The summed E-state index contributed by atoms with van der Waals surface area (Å²) in [6.07, 6.45) is -0.0619. The Morgan fingerprint density at radius 1 is 1.25 bits per heavy atom. The average Bonchev–Trinajstić information content (AvgIpc) is 2.44. The summed E-state index contributed by atoms with van der Waals surface area (Å²) in [7, 11) is 1.63. The zero-order valence-electron chi connectivity index (χ0n) is 11.4. The Bertz CT molecular complexity index is 613. The largest absolute Gasteiger partial charge is 0.497 e. The zero-order chi connectivity index (χ0) is 14.7. The van der Waals surface area contributed by atoms with Gasteiger partial charge >= 0.3 is 0 Å². The van der Waals surface area contributed by atoms with E-state index < -0.39 is 6.10 Å². The van der Waals surface area contributed by atoms with Gasteiger partial charge in [-0.1, -0.05) is 39.7 Å². The highest BCUT2D eigenvalue weighted by Gasteiger charge is 2.12. The maximum Gasteiger partial charge on any atom is 0.119 e. The number of benzene rings is 2. The van der Waals surface area contributed by atoms with Gasteiger partial charge in [-0.05, 0) is 47.9 Å². The van der Waals surface area contributed by atoms with E-state index >= 15 is 0 Å². The number of hydrogen-bond acceptors (Lipinski definition) is 2. The molecule has 0 aromatic heterocycles. The van der Waals surface area contributed by atoms with Gasteiger partial charge in [0.05, 0.1) is 13.2 Å². The van der Waals surface area contributed by atoms with Crippen LogP contribution in [-0.4, -0.2) is 12.2 Å². The van der Waals surface area contributed by atoms with Crippen molar-refractivity contribution in [3.05, 3.63) is 62.6 Å². The Balaban J connectivity index is 2.22. The number of methoxy groups -OCH3 is 1. The van der Waals surface area contributed by atoms with E-state index in [-0.39, 0.29) is 0 Å². The molecule has 1 unspecified atom stereocenters. The van der Waals surface area contributed by atoms with Crippen molar-refractivity contribution in [3.8, 4) is 5.75 Å². The van der Waals surface area contributed by atoms with Gasteiger partial charge < -0.3 is 9.84 Å². The quantitative estimate of drug-likeness (QED) is 0.861. The first-order chi connectivity index (χ1) is 9.51. The second-order valence-corrected chi connectivity index (χ2v) is 5.95. The van der Waals surface area contributed by atoms with Gasteiger partial charge in [-0.3, -0.25) is 0 Å². The molecule has 0 saturated heterocycles. The van der Waals surface area contributed by atoms with Crippen molar-refractivity contribution < 1.29 is 9.84 Å². The van der Waals surface area contributed by atoms with E-state index in [0.29, 0.717) is 11.4 Å². The van der Waals surface area contributed by atoms with Crippen LogP contribution in [0.4, 0.5) is 0 Å². The molecule has 4 heteroatoms. The van der Waals surface area contributed by atoms with Gasteiger partial charge in [0.1, 0.15) is 5.75 Å². The van der Waals surface area contributed by atoms with E-state index in [1.54, 1.807) is 7.11 Å². The third kappa shape index (κ3) is 3.54. The summed E-state index contributed by atoms with van der Waals surface area (Å²) < 4.78 is 6.17. The van der Waals surface area contributed by atoms with Crippen molar-refractivity contribution in [3.63, 3.8) is 0 Å². The van der Waals surface area contributed by atoms with Crippen LogP contribution in [0.2, 0.25) is 5.02 Å². The van der Waals surface area contributed by atoms with E-state index in [9.17, 15) is 5.11 Å². The molecule has 0 aliphatic carbocycles. The number of rotatable bonds is 4. The van der Waals surface area contributed by atoms with Crippen LogP contribution in [0, 0.1) is 6.92 Å². The predicted octanol–water partition coefficient (Wildman–Crippen LogP) is 4.70. The Morgan fingerprint density at radius 3 is 2.65 bits per heavy atom. The van der Waals surface area contributed by atoms with Crippen LogP contribution in [0.25, 0.3) is 0 Å². The van der Waals surface area contributed by atoms with Crippen LogP contribution in [0.1, 0.15) is 22.8 Å². The van der Waals surface area contributed by atoms with Gasteiger partial charge in [0.25, 0.3) is 0 Å². The van der Waals surface area contributed by atoms with Gasteiger partial charge in [-0.15, -0.1) is 0 Å². The minimum atomic E-state index is -0.575. The van der Waals surface area contributed by atoms with Gasteiger partial charge in [0, 0.05) is 15.9 Å². The van der Waals surface area contributed by atoms with Crippen LogP contribution in [0.5, 0.6) is 5.75 Å². The monoisotopic (exact) mass is 354 g/mol. The first-order valence-corrected chi connectivity index (χ1v) is 7.45. The second kappa shape index (κ2) is 6.61. The van der Waals surface area contributed by atoms with Gasteiger partial charge in [-0.25, -0.2) is 0 Å². The first-order valence-electron chi connectivity index (χ1n) is 6.28. The minimum Gasteiger partial charge on any atom is -0.497 e. The summed E-state index contributed by atoms with van der Waals surface area (Å²) in [4.78, 5) is 0. The van der Waals surface area contributed by atoms with E-state index in [0.717, 1.165) is 26.9 Å². The predicted molar refractivity (Wildman–Crippen MR) is 85.5 cm³/mol. The topological polar surface area (TPSA) is 29.5 Å². The van der Waals surface area contributed by atoms with Crippen LogP contribution in [0.3, 0.4) is 0 Å². The number of halogens is 2. The van der Waals surface area contributed by atoms with E-state index in [2.05, 4.69) is 15.9 Å². The number of aliphatic hydroxyl groups is 1. The molecule has 2 aromatic carbocycles. The van der Waals surface area contributed by atoms with Crippen molar-refractivity contribution in [1.29, 1.82) is 0 Å². The lowest BCUT2D eigenvalue weighted by atomic mass is 10.00. The minimum absolute atomic E-state index is 0.513. The molecule has 106 valence electrons. The molecule has 0 aliphatic heterocycles. The molecular formula is C16H16BrClO2. The molecule has 0 aliphatic rings. The molecule has 2 rings (SSSR count). The molecule has 1 N–H and O–H groups in total. The highest BCUT2D eigenvalue weighted by molar-refractivity contribution is 9.10. The van der Waals surface area contributed by atoms with Crippen LogP contribution in [0.15, 0.2) is 40.9 Å². The summed E-state index contributed by atoms with van der Waals surface area (Å²) in [5.74, 6) is 0.780. The van der Waals surface area contributed by atoms with Gasteiger partial charge in [-0.2, -0.15) is 0 Å². The Kier molecular flexibility index (Phi) is 5.08. The van der Waals surface area contributed by atoms with Crippen molar-refractivity contribution in [1.82, 2.24) is 0 Å². The molecule has 0 bridgehead atoms. The van der Waals surface area contributed by atoms with Gasteiger partial charge in [0.15, 0.2) is 0 Å². The zero-order valence-corrected chi connectivity index (χ0v) is 13.7. The summed E-state index contributed by atoms with van der Waals surface area (Å²) in [5, 5.41) is 11.1. The maximum absolute atomic E-state index is 10.4. The molecule has 0 radical (unpaired) electrons. The summed E-state index contributed by atoms with van der Waals surface area (Å²) >= 11 is 9.50. The highest BCUT2D eigenvalue weighted by Crippen LogP contribution is 2.28. The van der Waals surface area contributed by atoms with Crippen LogP contribution in [-0.2, 0) is 6.42 Å². The van der Waals surface area contributed by atoms with Crippen molar-refractivity contribution in [2.24, 2.45) is 0 Å².